The van der Waals surface area contributed by atoms with Crippen molar-refractivity contribution in [2.24, 2.45) is 0 Å². The van der Waals surface area contributed by atoms with E-state index in [0.29, 0.717) is 18.8 Å². The average Bonchev–Trinajstić information content (AvgIpc) is 2.52. The first-order valence-corrected chi connectivity index (χ1v) is 9.34. The summed E-state index contributed by atoms with van der Waals surface area (Å²) in [6.07, 6.45) is 0. The highest BCUT2D eigenvalue weighted by molar-refractivity contribution is 7.91. The Labute approximate surface area is 140 Å². The molecule has 0 aliphatic heterocycles. The fourth-order valence-corrected chi connectivity index (χ4v) is 2.75. The van der Waals surface area contributed by atoms with E-state index < -0.39 is 21.5 Å². The summed E-state index contributed by atoms with van der Waals surface area (Å²) in [4.78, 5) is 0. The van der Waals surface area contributed by atoms with Crippen LogP contribution in [0.4, 0.5) is 8.78 Å². The number of benzene rings is 2. The van der Waals surface area contributed by atoms with Crippen LogP contribution in [-0.2, 0) is 16.4 Å². The second kappa shape index (κ2) is 8.21. The summed E-state index contributed by atoms with van der Waals surface area (Å²) in [5.41, 5.74) is 0.946. The molecule has 0 unspecified atom stereocenters. The summed E-state index contributed by atoms with van der Waals surface area (Å²) in [5.74, 6) is -0.613. The van der Waals surface area contributed by atoms with Gasteiger partial charge < -0.3 is 10.1 Å². The van der Waals surface area contributed by atoms with Crippen LogP contribution in [0.2, 0.25) is 0 Å². The van der Waals surface area contributed by atoms with Crippen molar-refractivity contribution in [1.82, 2.24) is 5.32 Å². The summed E-state index contributed by atoms with van der Waals surface area (Å²) in [7, 11) is -2.97. The number of rotatable bonds is 8. The highest BCUT2D eigenvalue weighted by Crippen LogP contribution is 2.23. The number of sulfone groups is 1. The second-order valence-corrected chi connectivity index (χ2v) is 7.74. The summed E-state index contributed by atoms with van der Waals surface area (Å²) in [5, 5.41) is 3.06. The zero-order chi connectivity index (χ0) is 17.6. The Morgan fingerprint density at radius 1 is 1.00 bits per heavy atom. The monoisotopic (exact) mass is 355 g/mol. The predicted octanol–water partition coefficient (Wildman–Crippen LogP) is 3.28. The van der Waals surface area contributed by atoms with E-state index in [1.807, 2.05) is 0 Å². The van der Waals surface area contributed by atoms with Gasteiger partial charge in [-0.05, 0) is 17.7 Å². The van der Waals surface area contributed by atoms with E-state index in [4.69, 9.17) is 4.74 Å². The number of nitrogens with one attached hydrogen (secondary N) is 1. The first-order chi connectivity index (χ1) is 11.4. The van der Waals surface area contributed by atoms with Gasteiger partial charge in [-0.2, -0.15) is 0 Å². The van der Waals surface area contributed by atoms with Crippen molar-refractivity contribution < 1.29 is 21.9 Å². The molecule has 2 rings (SSSR count). The predicted molar refractivity (Wildman–Crippen MR) is 88.9 cm³/mol. The summed E-state index contributed by atoms with van der Waals surface area (Å²) < 4.78 is 54.3. The van der Waals surface area contributed by atoms with Crippen molar-refractivity contribution in [2.45, 2.75) is 13.5 Å². The van der Waals surface area contributed by atoms with Gasteiger partial charge in [0.2, 0.25) is 0 Å². The van der Waals surface area contributed by atoms with Crippen LogP contribution >= 0.6 is 0 Å². The van der Waals surface area contributed by atoms with Crippen LogP contribution in [-0.4, -0.2) is 26.5 Å². The standard InChI is InChI=1S/C17H19F2NO3S/c1-2-24(21,22)8-7-20-12-13-3-5-16(6-4-13)23-17-10-14(18)9-15(19)11-17/h3-6,9-11,20H,2,7-8,12H2,1H3. The van der Waals surface area contributed by atoms with Crippen molar-refractivity contribution in [3.8, 4) is 11.5 Å². The van der Waals surface area contributed by atoms with Crippen LogP contribution in [0.25, 0.3) is 0 Å². The molecule has 0 spiro atoms. The Morgan fingerprint density at radius 3 is 2.21 bits per heavy atom. The molecule has 130 valence electrons. The van der Waals surface area contributed by atoms with Gasteiger partial charge in [0, 0.05) is 37.0 Å². The van der Waals surface area contributed by atoms with E-state index in [1.54, 1.807) is 31.2 Å². The third-order valence-electron chi connectivity index (χ3n) is 3.35. The van der Waals surface area contributed by atoms with E-state index in [0.717, 1.165) is 23.8 Å². The second-order valence-electron chi connectivity index (χ2n) is 5.26. The maximum atomic E-state index is 13.1. The van der Waals surface area contributed by atoms with Gasteiger partial charge in [0.1, 0.15) is 23.1 Å². The maximum absolute atomic E-state index is 13.1. The van der Waals surface area contributed by atoms with E-state index >= 15 is 0 Å². The molecule has 0 fully saturated rings. The first kappa shape index (κ1) is 18.4. The lowest BCUT2D eigenvalue weighted by Gasteiger charge is -2.08. The third-order valence-corrected chi connectivity index (χ3v) is 5.06. The van der Waals surface area contributed by atoms with E-state index in [-0.39, 0.29) is 17.3 Å². The van der Waals surface area contributed by atoms with Crippen molar-refractivity contribution in [3.63, 3.8) is 0 Å². The van der Waals surface area contributed by atoms with Gasteiger partial charge in [0.05, 0.1) is 5.75 Å². The molecule has 0 aliphatic carbocycles. The SMILES string of the molecule is CCS(=O)(=O)CCNCc1ccc(Oc2cc(F)cc(F)c2)cc1. The normalized spacial score (nSPS) is 11.5. The third kappa shape index (κ3) is 5.90. The van der Waals surface area contributed by atoms with Gasteiger partial charge in [0.15, 0.2) is 9.84 Å². The molecular formula is C17H19F2NO3S. The van der Waals surface area contributed by atoms with Gasteiger partial charge in [0.25, 0.3) is 0 Å². The van der Waals surface area contributed by atoms with Gasteiger partial charge in [-0.25, -0.2) is 17.2 Å². The van der Waals surface area contributed by atoms with Crippen molar-refractivity contribution in [2.75, 3.05) is 18.1 Å². The van der Waals surface area contributed by atoms with Crippen LogP contribution in [0.5, 0.6) is 11.5 Å². The molecule has 7 heteroatoms. The molecule has 0 radical (unpaired) electrons. The molecule has 0 aliphatic rings. The highest BCUT2D eigenvalue weighted by atomic mass is 32.2. The molecule has 4 nitrogen and oxygen atoms in total. The number of hydrogen-bond donors (Lipinski definition) is 1. The lowest BCUT2D eigenvalue weighted by molar-refractivity contribution is 0.468. The van der Waals surface area contributed by atoms with E-state index in [1.165, 1.54) is 0 Å². The van der Waals surface area contributed by atoms with Gasteiger partial charge in [-0.15, -0.1) is 0 Å². The summed E-state index contributed by atoms with van der Waals surface area (Å²) >= 11 is 0. The van der Waals surface area contributed by atoms with Crippen molar-refractivity contribution in [1.29, 1.82) is 0 Å². The fraction of sp³-hybridized carbons (Fsp3) is 0.294. The van der Waals surface area contributed by atoms with Crippen LogP contribution in [0.15, 0.2) is 42.5 Å². The zero-order valence-electron chi connectivity index (χ0n) is 13.3. The van der Waals surface area contributed by atoms with Crippen LogP contribution in [0.1, 0.15) is 12.5 Å². The minimum absolute atomic E-state index is 0.0862. The zero-order valence-corrected chi connectivity index (χ0v) is 14.1. The molecule has 0 saturated carbocycles. The highest BCUT2D eigenvalue weighted by Gasteiger charge is 2.06. The quantitative estimate of drug-likeness (QED) is 0.739. The molecular weight excluding hydrogens is 336 g/mol. The van der Waals surface area contributed by atoms with Gasteiger partial charge >= 0.3 is 0 Å². The molecule has 0 bridgehead atoms. The van der Waals surface area contributed by atoms with Crippen LogP contribution < -0.4 is 10.1 Å². The minimum Gasteiger partial charge on any atom is -0.457 e. The maximum Gasteiger partial charge on any atom is 0.151 e. The number of halogens is 2. The lowest BCUT2D eigenvalue weighted by atomic mass is 10.2. The van der Waals surface area contributed by atoms with Crippen molar-refractivity contribution in [3.05, 3.63) is 59.7 Å². The van der Waals surface area contributed by atoms with Gasteiger partial charge in [-0.3, -0.25) is 0 Å². The molecule has 2 aromatic rings. The Kier molecular flexibility index (Phi) is 6.28. The largest absolute Gasteiger partial charge is 0.457 e. The van der Waals surface area contributed by atoms with E-state index in [2.05, 4.69) is 5.32 Å². The van der Waals surface area contributed by atoms with Crippen LogP contribution in [0.3, 0.4) is 0 Å². The minimum atomic E-state index is -2.97. The Bertz CT molecular complexity index is 757. The summed E-state index contributed by atoms with van der Waals surface area (Å²) in [6, 6.07) is 9.95. The van der Waals surface area contributed by atoms with Crippen LogP contribution in [0, 0.1) is 11.6 Å². The smallest absolute Gasteiger partial charge is 0.151 e. The Balaban J connectivity index is 1.86. The molecule has 0 heterocycles. The topological polar surface area (TPSA) is 55.4 Å². The average molecular weight is 355 g/mol. The molecule has 0 saturated heterocycles. The first-order valence-electron chi connectivity index (χ1n) is 7.52. The fourth-order valence-electron chi connectivity index (χ4n) is 2.00. The Morgan fingerprint density at radius 2 is 1.62 bits per heavy atom. The molecule has 0 aromatic heterocycles. The van der Waals surface area contributed by atoms with Gasteiger partial charge in [-0.1, -0.05) is 19.1 Å². The number of ether oxygens (including phenoxy) is 1. The summed E-state index contributed by atoms with van der Waals surface area (Å²) in [6.45, 7) is 2.53. The van der Waals surface area contributed by atoms with Crippen molar-refractivity contribution >= 4 is 9.84 Å². The molecule has 2 aromatic carbocycles. The number of hydrogen-bond acceptors (Lipinski definition) is 4. The molecule has 1 N–H and O–H groups in total. The molecule has 0 atom stereocenters. The molecule has 0 amide bonds. The Hall–Kier alpha value is -1.99. The molecule has 24 heavy (non-hydrogen) atoms. The lowest BCUT2D eigenvalue weighted by Crippen LogP contribution is -2.23. The van der Waals surface area contributed by atoms with E-state index in [9.17, 15) is 17.2 Å².